The second-order valence-corrected chi connectivity index (χ2v) is 4.25. The number of piperidine rings is 1. The Labute approximate surface area is 85.7 Å². The lowest BCUT2D eigenvalue weighted by Crippen LogP contribution is -2.45. The van der Waals surface area contributed by atoms with Crippen LogP contribution < -0.4 is 0 Å². The Morgan fingerprint density at radius 1 is 1.64 bits per heavy atom. The van der Waals surface area contributed by atoms with Crippen LogP contribution >= 0.6 is 0 Å². The van der Waals surface area contributed by atoms with Crippen LogP contribution in [0.4, 0.5) is 4.39 Å². The molecule has 0 aromatic rings. The van der Waals surface area contributed by atoms with Crippen molar-refractivity contribution in [3.05, 3.63) is 11.9 Å². The lowest BCUT2D eigenvalue weighted by molar-refractivity contribution is 0.0621. The van der Waals surface area contributed by atoms with Crippen molar-refractivity contribution in [3.63, 3.8) is 0 Å². The van der Waals surface area contributed by atoms with Crippen LogP contribution in [0, 0.1) is 5.41 Å². The second-order valence-electron chi connectivity index (χ2n) is 4.25. The summed E-state index contributed by atoms with van der Waals surface area (Å²) in [6.45, 7) is 7.69. The molecule has 0 N–H and O–H groups in total. The van der Waals surface area contributed by atoms with Crippen molar-refractivity contribution >= 4 is 0 Å². The van der Waals surface area contributed by atoms with E-state index in [-0.39, 0.29) is 5.41 Å². The Morgan fingerprint density at radius 2 is 2.36 bits per heavy atom. The van der Waals surface area contributed by atoms with Gasteiger partial charge in [0, 0.05) is 25.6 Å². The first-order valence-corrected chi connectivity index (χ1v) is 5.17. The molecule has 82 valence electrons. The van der Waals surface area contributed by atoms with Gasteiger partial charge in [-0.2, -0.15) is 0 Å². The summed E-state index contributed by atoms with van der Waals surface area (Å²) in [5, 5.41) is 0. The Balaban J connectivity index is 2.74. The van der Waals surface area contributed by atoms with Crippen LogP contribution in [0.1, 0.15) is 20.3 Å². The van der Waals surface area contributed by atoms with Crippen LogP contribution in [0.3, 0.4) is 0 Å². The van der Waals surface area contributed by atoms with Crippen LogP contribution in [-0.2, 0) is 4.74 Å². The molecule has 0 unspecified atom stereocenters. The van der Waals surface area contributed by atoms with Crippen molar-refractivity contribution in [2.24, 2.45) is 5.41 Å². The Morgan fingerprint density at radius 3 is 2.86 bits per heavy atom. The maximum Gasteiger partial charge on any atom is 0.0866 e. The zero-order valence-electron chi connectivity index (χ0n) is 9.35. The number of halogens is 1. The Kier molecular flexibility index (Phi) is 4.08. The summed E-state index contributed by atoms with van der Waals surface area (Å²) in [5.74, 6) is 0. The molecule has 0 bridgehead atoms. The topological polar surface area (TPSA) is 12.5 Å². The quantitative estimate of drug-likeness (QED) is 0.694. The molecule has 0 saturated carbocycles. The van der Waals surface area contributed by atoms with E-state index in [1.165, 1.54) is 0 Å². The van der Waals surface area contributed by atoms with Gasteiger partial charge in [-0.1, -0.05) is 13.8 Å². The van der Waals surface area contributed by atoms with E-state index < -0.39 is 0 Å². The zero-order chi connectivity index (χ0) is 10.6. The van der Waals surface area contributed by atoms with Crippen LogP contribution in [0.5, 0.6) is 0 Å². The van der Waals surface area contributed by atoms with Crippen LogP contribution in [0.25, 0.3) is 0 Å². The fraction of sp³-hybridized carbons (Fsp3) is 0.818. The normalized spacial score (nSPS) is 32.4. The second kappa shape index (κ2) is 4.89. The van der Waals surface area contributed by atoms with Gasteiger partial charge in [-0.05, 0) is 18.5 Å². The van der Waals surface area contributed by atoms with E-state index in [9.17, 15) is 4.39 Å². The molecule has 3 heteroatoms. The molecule has 2 nitrogen and oxygen atoms in total. The number of hydrogen-bond donors (Lipinski definition) is 0. The summed E-state index contributed by atoms with van der Waals surface area (Å²) in [6.07, 6.45) is 1.59. The van der Waals surface area contributed by atoms with Gasteiger partial charge < -0.3 is 9.64 Å². The van der Waals surface area contributed by atoms with Crippen molar-refractivity contribution in [2.75, 3.05) is 33.4 Å². The summed E-state index contributed by atoms with van der Waals surface area (Å²) in [4.78, 5) is 2.34. The van der Waals surface area contributed by atoms with Crippen LogP contribution in [0.2, 0.25) is 0 Å². The third-order valence-electron chi connectivity index (χ3n) is 3.09. The molecule has 0 radical (unpaired) electrons. The average Bonchev–Trinajstić information content (AvgIpc) is 2.17. The highest BCUT2D eigenvalue weighted by atomic mass is 19.1. The van der Waals surface area contributed by atoms with Gasteiger partial charge in [-0.25, -0.2) is 4.39 Å². The van der Waals surface area contributed by atoms with E-state index in [2.05, 4.69) is 18.7 Å². The molecule has 1 aliphatic rings. The van der Waals surface area contributed by atoms with Crippen molar-refractivity contribution < 1.29 is 9.13 Å². The van der Waals surface area contributed by atoms with Crippen molar-refractivity contribution in [3.8, 4) is 0 Å². The number of rotatable bonds is 3. The van der Waals surface area contributed by atoms with E-state index in [0.717, 1.165) is 38.0 Å². The Bertz CT molecular complexity index is 217. The minimum atomic E-state index is -0.141. The molecule has 0 spiro atoms. The third kappa shape index (κ3) is 2.34. The molecule has 1 aliphatic heterocycles. The van der Waals surface area contributed by atoms with E-state index in [1.807, 2.05) is 0 Å². The SMILES string of the molecule is CCN1CC/C(=C\F)[C@](C)(COC)C1. The maximum atomic E-state index is 12.7. The van der Waals surface area contributed by atoms with Gasteiger partial charge in [0.2, 0.25) is 0 Å². The van der Waals surface area contributed by atoms with E-state index >= 15 is 0 Å². The van der Waals surface area contributed by atoms with Crippen molar-refractivity contribution in [1.82, 2.24) is 4.90 Å². The predicted octanol–water partition coefficient (Wildman–Crippen LogP) is 2.22. The van der Waals surface area contributed by atoms with Gasteiger partial charge in [0.1, 0.15) is 0 Å². The molecule has 1 fully saturated rings. The molecular formula is C11H20FNO. The smallest absolute Gasteiger partial charge is 0.0866 e. The van der Waals surface area contributed by atoms with Gasteiger partial charge >= 0.3 is 0 Å². The lowest BCUT2D eigenvalue weighted by Gasteiger charge is -2.41. The first-order valence-electron chi connectivity index (χ1n) is 5.17. The summed E-state index contributed by atoms with van der Waals surface area (Å²) < 4.78 is 17.9. The molecule has 0 aromatic heterocycles. The fourth-order valence-corrected chi connectivity index (χ4v) is 2.17. The first-order chi connectivity index (χ1) is 6.66. The molecule has 0 aliphatic carbocycles. The average molecular weight is 201 g/mol. The standard InChI is InChI=1S/C11H20FNO/c1-4-13-6-5-10(7-12)11(2,8-13)9-14-3/h7H,4-6,8-9H2,1-3H3/b10-7+/t11-/m0/s1. The van der Waals surface area contributed by atoms with Crippen molar-refractivity contribution in [1.29, 1.82) is 0 Å². The largest absolute Gasteiger partial charge is 0.384 e. The van der Waals surface area contributed by atoms with Crippen LogP contribution in [0.15, 0.2) is 11.9 Å². The monoisotopic (exact) mass is 201 g/mol. The molecule has 1 saturated heterocycles. The summed E-state index contributed by atoms with van der Waals surface area (Å²) >= 11 is 0. The number of ether oxygens (including phenoxy) is 1. The van der Waals surface area contributed by atoms with Crippen molar-refractivity contribution in [2.45, 2.75) is 20.3 Å². The fourth-order valence-electron chi connectivity index (χ4n) is 2.17. The van der Waals surface area contributed by atoms with E-state index in [4.69, 9.17) is 4.74 Å². The number of nitrogens with zero attached hydrogens (tertiary/aromatic N) is 1. The van der Waals surface area contributed by atoms with Gasteiger partial charge in [0.25, 0.3) is 0 Å². The van der Waals surface area contributed by atoms with Gasteiger partial charge in [0.05, 0.1) is 12.9 Å². The lowest BCUT2D eigenvalue weighted by atomic mass is 9.78. The number of methoxy groups -OCH3 is 1. The molecular weight excluding hydrogens is 181 g/mol. The number of hydrogen-bond acceptors (Lipinski definition) is 2. The highest BCUT2D eigenvalue weighted by Crippen LogP contribution is 2.34. The zero-order valence-corrected chi connectivity index (χ0v) is 9.35. The van der Waals surface area contributed by atoms with Gasteiger partial charge in [0.15, 0.2) is 0 Å². The molecule has 1 heterocycles. The highest BCUT2D eigenvalue weighted by molar-refractivity contribution is 5.15. The van der Waals surface area contributed by atoms with E-state index in [1.54, 1.807) is 7.11 Å². The molecule has 0 amide bonds. The van der Waals surface area contributed by atoms with E-state index in [0.29, 0.717) is 6.61 Å². The van der Waals surface area contributed by atoms with Crippen LogP contribution in [-0.4, -0.2) is 38.3 Å². The summed E-state index contributed by atoms with van der Waals surface area (Å²) in [6, 6.07) is 0. The summed E-state index contributed by atoms with van der Waals surface area (Å²) in [7, 11) is 1.67. The molecule has 1 atom stereocenters. The molecule has 0 aromatic carbocycles. The predicted molar refractivity (Wildman–Crippen MR) is 55.9 cm³/mol. The maximum absolute atomic E-state index is 12.7. The Hall–Kier alpha value is -0.410. The van der Waals surface area contributed by atoms with Gasteiger partial charge in [-0.15, -0.1) is 0 Å². The highest BCUT2D eigenvalue weighted by Gasteiger charge is 2.34. The summed E-state index contributed by atoms with van der Waals surface area (Å²) in [5.41, 5.74) is 0.752. The minimum absolute atomic E-state index is 0.141. The molecule has 1 rings (SSSR count). The first kappa shape index (κ1) is 11.7. The number of likely N-dealkylation sites (tertiary alicyclic amines) is 1. The molecule has 14 heavy (non-hydrogen) atoms. The minimum Gasteiger partial charge on any atom is -0.384 e. The third-order valence-corrected chi connectivity index (χ3v) is 3.09. The van der Waals surface area contributed by atoms with Gasteiger partial charge in [-0.3, -0.25) is 0 Å².